The van der Waals surface area contributed by atoms with Crippen LogP contribution in [0.15, 0.2) is 187 Å². The molecule has 312 valence electrons. The van der Waals surface area contributed by atoms with E-state index in [0.29, 0.717) is 38.9 Å². The molecule has 4 aromatic heterocycles. The van der Waals surface area contributed by atoms with E-state index in [1.807, 2.05) is 0 Å². The maximum absolute atomic E-state index is 16.4. The molecule has 10 aromatic rings. The quantitative estimate of drug-likeness (QED) is 0.116. The molecule has 0 atom stereocenters. The molecule has 0 saturated carbocycles. The second kappa shape index (κ2) is 18.0. The van der Waals surface area contributed by atoms with Crippen LogP contribution in [0.25, 0.3) is 66.8 Å². The summed E-state index contributed by atoms with van der Waals surface area (Å²) < 4.78 is 170. The highest BCUT2D eigenvalue weighted by atomic mass is 19.1. The van der Waals surface area contributed by atoms with Crippen molar-refractivity contribution in [3.8, 4) is 44.9 Å². The molecule has 0 saturated heterocycles. The first-order valence-corrected chi connectivity index (χ1v) is 20.2. The third-order valence-electron chi connectivity index (χ3n) is 10.7. The molecule has 0 spiro atoms. The fraction of sp³-hybridized carbons (Fsp3) is 0.105. The highest BCUT2D eigenvalue weighted by Crippen LogP contribution is 2.39. The second-order valence-electron chi connectivity index (χ2n) is 14.8. The largest absolute Gasteiger partial charge is 0.452 e. The lowest BCUT2D eigenvalue weighted by Crippen LogP contribution is -2.02. The fourth-order valence-electron chi connectivity index (χ4n) is 7.39. The lowest BCUT2D eigenvalue weighted by Gasteiger charge is -2.12. The highest BCUT2D eigenvalue weighted by molar-refractivity contribution is 6.10. The van der Waals surface area contributed by atoms with Gasteiger partial charge in [0.2, 0.25) is 0 Å². The van der Waals surface area contributed by atoms with Gasteiger partial charge >= 0.3 is 0 Å². The molecule has 0 bridgehead atoms. The molecule has 7 heteroatoms. The van der Waals surface area contributed by atoms with Crippen LogP contribution in [-0.2, 0) is 38.3 Å². The molecule has 10 rings (SSSR count). The molecule has 4 heterocycles. The van der Waals surface area contributed by atoms with Gasteiger partial charge in [0.25, 0.3) is 0 Å². The van der Waals surface area contributed by atoms with Gasteiger partial charge in [-0.25, -0.2) is 13.2 Å². The fourth-order valence-corrected chi connectivity index (χ4v) is 7.39. The number of hydrogen-bond acceptors (Lipinski definition) is 4. The zero-order chi connectivity index (χ0) is 54.9. The van der Waals surface area contributed by atoms with E-state index in [-0.39, 0.29) is 55.8 Å². The van der Waals surface area contributed by atoms with Crippen molar-refractivity contribution in [3.05, 3.63) is 233 Å². The Hall–Kier alpha value is -7.64. The molecule has 0 aliphatic carbocycles. The third-order valence-corrected chi connectivity index (χ3v) is 10.7. The van der Waals surface area contributed by atoms with Crippen molar-refractivity contribution in [1.29, 1.82) is 0 Å². The number of aryl methyl sites for hydroxylation is 6. The molecule has 0 amide bonds. The van der Waals surface area contributed by atoms with Crippen LogP contribution < -0.4 is 0 Å². The number of para-hydroxylation sites is 1. The summed E-state index contributed by atoms with van der Waals surface area (Å²) in [6.45, 7) is 0. The van der Waals surface area contributed by atoms with Gasteiger partial charge in [0.15, 0.2) is 11.4 Å². The van der Waals surface area contributed by atoms with Gasteiger partial charge in [-0.1, -0.05) is 133 Å². The van der Waals surface area contributed by atoms with Gasteiger partial charge in [0.1, 0.15) is 17.2 Å². The number of nitrogens with zero attached hydrogens (tertiary/aromatic N) is 3. The van der Waals surface area contributed by atoms with Crippen molar-refractivity contribution in [2.24, 2.45) is 0 Å². The zero-order valence-corrected chi connectivity index (χ0v) is 33.7. The Labute approximate surface area is 388 Å². The van der Waals surface area contributed by atoms with Crippen LogP contribution in [0.5, 0.6) is 0 Å². The first kappa shape index (κ1) is 28.1. The number of halogens is 3. The van der Waals surface area contributed by atoms with Crippen molar-refractivity contribution in [3.63, 3.8) is 0 Å². The number of benzene rings is 6. The molecule has 64 heavy (non-hydrogen) atoms. The van der Waals surface area contributed by atoms with Gasteiger partial charge in [0.05, 0.1) is 23.9 Å². The number of pyridine rings is 3. The Morgan fingerprint density at radius 2 is 1.02 bits per heavy atom. The van der Waals surface area contributed by atoms with Crippen LogP contribution >= 0.6 is 0 Å². The summed E-state index contributed by atoms with van der Waals surface area (Å²) in [5.74, 6) is -2.52. The lowest BCUT2D eigenvalue weighted by molar-refractivity contribution is 0.587. The standard InChI is InChI=1S/C57H42F3N3O/c58-50-32-53(42-13-6-2-7-14-42)62-35-44(50)24-21-39-29-38(30-40(31-39)22-25-45-36-63-54(33-51(45)59)43-15-8-3-9-16-43)20-19-37-23-28-52(61-34-37)49-18-10-17-47-48-27-26-46(41-11-4-1-5-12-41)55(60)57(48)64-56(47)49/h1-18,23,26-36H,19-22,24-25H2/i1D,4D,5D,11D,12D,19D2,20D2,21D2,22D2. The summed E-state index contributed by atoms with van der Waals surface area (Å²) in [6, 6.07) is 30.5. The van der Waals surface area contributed by atoms with Crippen LogP contribution in [-0.4, -0.2) is 15.0 Å². The van der Waals surface area contributed by atoms with Gasteiger partial charge in [-0.15, -0.1) is 0 Å². The first-order valence-electron chi connectivity index (χ1n) is 26.7. The molecule has 0 aliphatic rings. The minimum Gasteiger partial charge on any atom is -0.452 e. The van der Waals surface area contributed by atoms with Crippen molar-refractivity contribution in [1.82, 2.24) is 15.0 Å². The number of aromatic nitrogens is 3. The van der Waals surface area contributed by atoms with Crippen LogP contribution in [0.2, 0.25) is 0 Å². The summed E-state index contributed by atoms with van der Waals surface area (Å²) in [4.78, 5) is 13.2. The van der Waals surface area contributed by atoms with E-state index < -0.39 is 91.6 Å². The Morgan fingerprint density at radius 1 is 0.453 bits per heavy atom. The summed E-state index contributed by atoms with van der Waals surface area (Å²) in [5.41, 5.74) is -0.0547. The maximum Gasteiger partial charge on any atom is 0.174 e. The Bertz CT molecular complexity index is 3790. The molecule has 0 N–H and O–H groups in total. The molecule has 4 nitrogen and oxygen atoms in total. The summed E-state index contributed by atoms with van der Waals surface area (Å²) in [7, 11) is 0. The SMILES string of the molecule is [2H]c1c([2H])c([2H])c(-c2ccc3c(oc4c(-c5ccc(C([2H])([2H])C([2H])([2H])c6cc(C([2H])([2H])Cc7cnc(-c8ccccc8)cc7F)cc(C([2H])([2H])Cc7cnc(-c8ccccc8)cc7F)c6)cn5)cccc43)c2F)c([2H])c1[2H]. The van der Waals surface area contributed by atoms with Crippen LogP contribution in [0.4, 0.5) is 13.2 Å². The van der Waals surface area contributed by atoms with E-state index >= 15 is 13.2 Å². The minimum absolute atomic E-state index is 0.137. The van der Waals surface area contributed by atoms with E-state index in [4.69, 9.17) is 11.3 Å². The van der Waals surface area contributed by atoms with Crippen molar-refractivity contribution >= 4 is 21.9 Å². The lowest BCUT2D eigenvalue weighted by atomic mass is 9.94. The number of rotatable bonds is 13. The third kappa shape index (κ3) is 8.57. The van der Waals surface area contributed by atoms with Crippen LogP contribution in [0.3, 0.4) is 0 Å². The predicted octanol–water partition coefficient (Wildman–Crippen LogP) is 14.2. The maximum atomic E-state index is 16.4. The van der Waals surface area contributed by atoms with Gasteiger partial charge in [-0.2, -0.15) is 0 Å². The van der Waals surface area contributed by atoms with Gasteiger partial charge in [-0.3, -0.25) is 15.0 Å². The predicted molar refractivity (Wildman–Crippen MR) is 250 cm³/mol. The topological polar surface area (TPSA) is 51.8 Å². The smallest absolute Gasteiger partial charge is 0.174 e. The number of furan rings is 1. The average Bonchev–Trinajstić information content (AvgIpc) is 3.90. The van der Waals surface area contributed by atoms with Gasteiger partial charge in [-0.05, 0) is 84.3 Å². The van der Waals surface area contributed by atoms with Gasteiger partial charge in [0, 0.05) is 85.8 Å². The molecular weight excluding hydrogens is 800 g/mol. The zero-order valence-electron chi connectivity index (χ0n) is 46.7. The Kier molecular flexibility index (Phi) is 7.91. The van der Waals surface area contributed by atoms with Crippen molar-refractivity contribution in [2.75, 3.05) is 0 Å². The Morgan fingerprint density at radius 3 is 1.59 bits per heavy atom. The van der Waals surface area contributed by atoms with Crippen molar-refractivity contribution in [2.45, 2.75) is 38.3 Å². The average molecular weight is 855 g/mol. The number of hydrogen-bond donors (Lipinski definition) is 0. The number of fused-ring (bicyclic) bond motifs is 3. The molecule has 0 fully saturated rings. The Balaban J connectivity index is 1.01. The van der Waals surface area contributed by atoms with E-state index in [1.165, 1.54) is 48.8 Å². The molecular formula is C57H42F3N3O. The summed E-state index contributed by atoms with van der Waals surface area (Å²) in [5, 5.41) is 0.737. The summed E-state index contributed by atoms with van der Waals surface area (Å²) >= 11 is 0. The van der Waals surface area contributed by atoms with Crippen LogP contribution in [0.1, 0.15) is 51.2 Å². The van der Waals surface area contributed by atoms with Gasteiger partial charge < -0.3 is 4.42 Å². The highest BCUT2D eigenvalue weighted by Gasteiger charge is 2.19. The van der Waals surface area contributed by atoms with E-state index in [1.54, 1.807) is 78.9 Å². The van der Waals surface area contributed by atoms with Crippen LogP contribution in [0, 0.1) is 17.5 Å². The monoisotopic (exact) mass is 854 g/mol. The normalized spacial score (nSPS) is 15.3. The van der Waals surface area contributed by atoms with E-state index in [0.717, 1.165) is 24.4 Å². The molecule has 6 aromatic carbocycles. The first-order chi connectivity index (χ1) is 36.5. The second-order valence-corrected chi connectivity index (χ2v) is 14.8. The molecule has 0 unspecified atom stereocenters. The summed E-state index contributed by atoms with van der Waals surface area (Å²) in [6.07, 6.45) is -8.94. The van der Waals surface area contributed by atoms with Crippen molar-refractivity contribution < 1.29 is 35.4 Å². The van der Waals surface area contributed by atoms with E-state index in [2.05, 4.69) is 15.0 Å². The minimum atomic E-state index is -3.07. The molecule has 0 aliphatic heterocycles. The van der Waals surface area contributed by atoms with E-state index in [9.17, 15) is 11.0 Å². The molecule has 0 radical (unpaired) electrons.